The molecule has 0 aromatic heterocycles. The summed E-state index contributed by atoms with van der Waals surface area (Å²) >= 11 is 2.95. The lowest BCUT2D eigenvalue weighted by Gasteiger charge is -2.17. The molecule has 0 heterocycles. The van der Waals surface area contributed by atoms with Crippen LogP contribution in [0.15, 0.2) is 22.7 Å². The lowest BCUT2D eigenvalue weighted by Crippen LogP contribution is -2.16. The minimum Gasteiger partial charge on any atom is -0.382 e. The molecule has 0 spiro atoms. The van der Waals surface area contributed by atoms with E-state index in [2.05, 4.69) is 28.2 Å². The number of benzene rings is 1. The molecule has 1 aromatic carbocycles. The number of hydrogen-bond acceptors (Lipinski definition) is 1. The Labute approximate surface area is 119 Å². The van der Waals surface area contributed by atoms with Crippen molar-refractivity contribution in [2.24, 2.45) is 5.92 Å². The first-order valence-electron chi connectivity index (χ1n) is 6.53. The molecule has 1 aromatic rings. The summed E-state index contributed by atoms with van der Waals surface area (Å²) in [5, 5.41) is 3.22. The van der Waals surface area contributed by atoms with Gasteiger partial charge < -0.3 is 5.32 Å². The SMILES string of the molecule is CCC1CCC(Nc2ccc(Br)c(C(F)(F)F)c2)C1. The summed E-state index contributed by atoms with van der Waals surface area (Å²) in [5.41, 5.74) is -0.0696. The van der Waals surface area contributed by atoms with Gasteiger partial charge in [0.15, 0.2) is 0 Å². The Morgan fingerprint density at radius 2 is 2.05 bits per heavy atom. The van der Waals surface area contributed by atoms with Crippen LogP contribution in [0.4, 0.5) is 18.9 Å². The molecule has 1 aliphatic carbocycles. The standard InChI is InChI=1S/C14H17BrF3N/c1-2-9-3-4-10(7-9)19-11-5-6-13(15)12(8-11)14(16,17)18/h5-6,8-10,19H,2-4,7H2,1H3. The predicted octanol–water partition coefficient (Wildman–Crippen LogP) is 5.46. The third-order valence-electron chi connectivity index (χ3n) is 3.76. The maximum atomic E-state index is 12.8. The normalized spacial score (nSPS) is 23.6. The molecule has 2 unspecified atom stereocenters. The van der Waals surface area contributed by atoms with E-state index in [1.165, 1.54) is 12.1 Å². The summed E-state index contributed by atoms with van der Waals surface area (Å²) in [6.07, 6.45) is 0.0745. The highest BCUT2D eigenvalue weighted by Crippen LogP contribution is 2.37. The second-order valence-electron chi connectivity index (χ2n) is 5.12. The van der Waals surface area contributed by atoms with E-state index in [4.69, 9.17) is 0 Å². The number of hydrogen-bond donors (Lipinski definition) is 1. The largest absolute Gasteiger partial charge is 0.417 e. The number of anilines is 1. The summed E-state index contributed by atoms with van der Waals surface area (Å²) in [6, 6.07) is 4.63. The lowest BCUT2D eigenvalue weighted by molar-refractivity contribution is -0.138. The van der Waals surface area contributed by atoms with Gasteiger partial charge in [-0.2, -0.15) is 13.2 Å². The number of alkyl halides is 3. The third-order valence-corrected chi connectivity index (χ3v) is 4.45. The highest BCUT2D eigenvalue weighted by Gasteiger charge is 2.33. The molecule has 5 heteroatoms. The van der Waals surface area contributed by atoms with Crippen LogP contribution < -0.4 is 5.32 Å². The fourth-order valence-electron chi connectivity index (χ4n) is 2.64. The Morgan fingerprint density at radius 1 is 1.32 bits per heavy atom. The van der Waals surface area contributed by atoms with Crippen LogP contribution in [0.5, 0.6) is 0 Å². The second kappa shape index (κ2) is 5.73. The molecule has 1 aliphatic rings. The van der Waals surface area contributed by atoms with E-state index in [-0.39, 0.29) is 4.47 Å². The Hall–Kier alpha value is -0.710. The highest BCUT2D eigenvalue weighted by atomic mass is 79.9. The van der Waals surface area contributed by atoms with Gasteiger partial charge in [0.1, 0.15) is 0 Å². The van der Waals surface area contributed by atoms with E-state index in [1.54, 1.807) is 6.07 Å². The first kappa shape index (κ1) is 14.7. The molecule has 19 heavy (non-hydrogen) atoms. The molecule has 1 saturated carbocycles. The minimum absolute atomic E-state index is 0.0865. The topological polar surface area (TPSA) is 12.0 Å². The zero-order valence-electron chi connectivity index (χ0n) is 10.7. The number of nitrogens with one attached hydrogen (secondary N) is 1. The Kier molecular flexibility index (Phi) is 4.43. The monoisotopic (exact) mass is 335 g/mol. The zero-order valence-corrected chi connectivity index (χ0v) is 12.3. The Bertz CT molecular complexity index is 445. The fourth-order valence-corrected chi connectivity index (χ4v) is 3.12. The van der Waals surface area contributed by atoms with Crippen molar-refractivity contribution in [1.29, 1.82) is 0 Å². The van der Waals surface area contributed by atoms with Crippen LogP contribution in [-0.2, 0) is 6.18 Å². The van der Waals surface area contributed by atoms with Gasteiger partial charge in [-0.3, -0.25) is 0 Å². The van der Waals surface area contributed by atoms with Gasteiger partial charge in [0.05, 0.1) is 5.56 Å². The minimum atomic E-state index is -4.32. The average molecular weight is 336 g/mol. The van der Waals surface area contributed by atoms with E-state index >= 15 is 0 Å². The van der Waals surface area contributed by atoms with Gasteiger partial charge >= 0.3 is 6.18 Å². The van der Waals surface area contributed by atoms with Crippen molar-refractivity contribution in [3.8, 4) is 0 Å². The van der Waals surface area contributed by atoms with E-state index in [1.807, 2.05) is 0 Å². The van der Waals surface area contributed by atoms with Gasteiger partial charge in [-0.05, 0) is 43.4 Å². The second-order valence-corrected chi connectivity index (χ2v) is 5.98. The predicted molar refractivity (Wildman–Crippen MR) is 74.2 cm³/mol. The average Bonchev–Trinajstić information content (AvgIpc) is 2.78. The van der Waals surface area contributed by atoms with Crippen molar-refractivity contribution < 1.29 is 13.2 Å². The molecule has 0 amide bonds. The lowest BCUT2D eigenvalue weighted by atomic mass is 10.1. The summed E-state index contributed by atoms with van der Waals surface area (Å²) < 4.78 is 38.5. The molecule has 0 saturated heterocycles. The van der Waals surface area contributed by atoms with Crippen molar-refractivity contribution in [3.05, 3.63) is 28.2 Å². The van der Waals surface area contributed by atoms with Gasteiger partial charge in [0, 0.05) is 16.2 Å². The van der Waals surface area contributed by atoms with Crippen molar-refractivity contribution >= 4 is 21.6 Å². The van der Waals surface area contributed by atoms with Crippen LogP contribution >= 0.6 is 15.9 Å². The fraction of sp³-hybridized carbons (Fsp3) is 0.571. The van der Waals surface area contributed by atoms with Crippen molar-refractivity contribution in [1.82, 2.24) is 0 Å². The first-order chi connectivity index (χ1) is 8.90. The van der Waals surface area contributed by atoms with Crippen molar-refractivity contribution in [3.63, 3.8) is 0 Å². The van der Waals surface area contributed by atoms with Crippen LogP contribution in [-0.4, -0.2) is 6.04 Å². The first-order valence-corrected chi connectivity index (χ1v) is 7.32. The molecule has 0 bridgehead atoms. The van der Waals surface area contributed by atoms with Crippen LogP contribution in [0.25, 0.3) is 0 Å². The molecule has 0 radical (unpaired) electrons. The van der Waals surface area contributed by atoms with Crippen LogP contribution in [0, 0.1) is 5.92 Å². The quantitative estimate of drug-likeness (QED) is 0.773. The maximum Gasteiger partial charge on any atom is 0.417 e. The Balaban J connectivity index is 2.10. The van der Waals surface area contributed by atoms with Gasteiger partial charge in [0.2, 0.25) is 0 Å². The molecule has 1 nitrogen and oxygen atoms in total. The molecular formula is C14H17BrF3N. The summed E-state index contributed by atoms with van der Waals surface area (Å²) in [6.45, 7) is 2.16. The van der Waals surface area contributed by atoms with E-state index < -0.39 is 11.7 Å². The Morgan fingerprint density at radius 3 is 2.63 bits per heavy atom. The van der Waals surface area contributed by atoms with Gasteiger partial charge in [0.25, 0.3) is 0 Å². The summed E-state index contributed by atoms with van der Waals surface area (Å²) in [7, 11) is 0. The van der Waals surface area contributed by atoms with Crippen LogP contribution in [0.3, 0.4) is 0 Å². The molecule has 106 valence electrons. The number of rotatable bonds is 3. The van der Waals surface area contributed by atoms with Gasteiger partial charge in [-0.15, -0.1) is 0 Å². The van der Waals surface area contributed by atoms with E-state index in [9.17, 15) is 13.2 Å². The maximum absolute atomic E-state index is 12.8. The summed E-state index contributed by atoms with van der Waals surface area (Å²) in [5.74, 6) is 0.704. The molecule has 1 N–H and O–H groups in total. The van der Waals surface area contributed by atoms with Crippen molar-refractivity contribution in [2.75, 3.05) is 5.32 Å². The van der Waals surface area contributed by atoms with Gasteiger partial charge in [-0.1, -0.05) is 29.3 Å². The summed E-state index contributed by atoms with van der Waals surface area (Å²) in [4.78, 5) is 0. The molecule has 1 fully saturated rings. The van der Waals surface area contributed by atoms with E-state index in [0.717, 1.165) is 25.7 Å². The van der Waals surface area contributed by atoms with Crippen LogP contribution in [0.1, 0.15) is 38.2 Å². The molecular weight excluding hydrogens is 319 g/mol. The van der Waals surface area contributed by atoms with E-state index in [0.29, 0.717) is 17.6 Å². The molecule has 0 aliphatic heterocycles. The molecule has 2 atom stereocenters. The smallest absolute Gasteiger partial charge is 0.382 e. The number of halogens is 4. The van der Waals surface area contributed by atoms with Crippen LogP contribution in [0.2, 0.25) is 0 Å². The molecule has 2 rings (SSSR count). The zero-order chi connectivity index (χ0) is 14.0. The van der Waals surface area contributed by atoms with Crippen molar-refractivity contribution in [2.45, 2.75) is 44.8 Å². The van der Waals surface area contributed by atoms with Gasteiger partial charge in [-0.25, -0.2) is 0 Å². The highest BCUT2D eigenvalue weighted by molar-refractivity contribution is 9.10. The third kappa shape index (κ3) is 3.65.